The van der Waals surface area contributed by atoms with Crippen LogP contribution in [0.3, 0.4) is 0 Å². The van der Waals surface area contributed by atoms with Crippen LogP contribution in [0.5, 0.6) is 5.75 Å². The predicted molar refractivity (Wildman–Crippen MR) is 73.6 cm³/mol. The minimum absolute atomic E-state index is 0.00633. The van der Waals surface area contributed by atoms with Crippen LogP contribution in [0.4, 0.5) is 10.1 Å². The Hall–Kier alpha value is -2.65. The van der Waals surface area contributed by atoms with Gasteiger partial charge in [-0.05, 0) is 24.3 Å². The standard InChI is InChI=1S/C14H8ClFN2O3/c15-11-3-4-14(13(6-11)18(19)20)21-8-10-2-1-9(7-17)5-12(10)16/h1-6H,8H2. The third-order valence-electron chi connectivity index (χ3n) is 2.68. The van der Waals surface area contributed by atoms with Crippen LogP contribution < -0.4 is 4.74 Å². The summed E-state index contributed by atoms with van der Waals surface area (Å²) < 4.78 is 18.9. The zero-order chi connectivity index (χ0) is 15.4. The van der Waals surface area contributed by atoms with Crippen molar-refractivity contribution < 1.29 is 14.1 Å². The minimum atomic E-state index is -0.629. The fraction of sp³-hybridized carbons (Fsp3) is 0.0714. The molecule has 0 heterocycles. The average molecular weight is 307 g/mol. The fourth-order valence-corrected chi connectivity index (χ4v) is 1.81. The number of benzene rings is 2. The second-order valence-electron chi connectivity index (χ2n) is 4.08. The summed E-state index contributed by atoms with van der Waals surface area (Å²) in [6.45, 7) is -0.194. The lowest BCUT2D eigenvalue weighted by molar-refractivity contribution is -0.385. The van der Waals surface area contributed by atoms with Crippen LogP contribution >= 0.6 is 11.6 Å². The van der Waals surface area contributed by atoms with Crippen molar-refractivity contribution in [1.29, 1.82) is 5.26 Å². The Morgan fingerprint density at radius 3 is 2.71 bits per heavy atom. The van der Waals surface area contributed by atoms with Gasteiger partial charge in [-0.2, -0.15) is 5.26 Å². The van der Waals surface area contributed by atoms with Crippen molar-refractivity contribution in [3.8, 4) is 11.8 Å². The molecular formula is C14H8ClFN2O3. The van der Waals surface area contributed by atoms with Gasteiger partial charge in [0.05, 0.1) is 16.6 Å². The number of hydrogen-bond donors (Lipinski definition) is 0. The Bertz CT molecular complexity index is 743. The first-order chi connectivity index (χ1) is 10.0. The van der Waals surface area contributed by atoms with E-state index in [9.17, 15) is 14.5 Å². The molecule has 0 bridgehead atoms. The van der Waals surface area contributed by atoms with Crippen LogP contribution in [0.2, 0.25) is 5.02 Å². The first-order valence-electron chi connectivity index (χ1n) is 5.76. The van der Waals surface area contributed by atoms with Gasteiger partial charge in [-0.1, -0.05) is 17.7 Å². The predicted octanol–water partition coefficient (Wildman–Crippen LogP) is 3.84. The first kappa shape index (κ1) is 14.8. The Kier molecular flexibility index (Phi) is 4.36. The molecule has 0 saturated carbocycles. The quantitative estimate of drug-likeness (QED) is 0.635. The van der Waals surface area contributed by atoms with Gasteiger partial charge in [-0.15, -0.1) is 0 Å². The molecule has 0 aliphatic rings. The van der Waals surface area contributed by atoms with E-state index < -0.39 is 10.7 Å². The van der Waals surface area contributed by atoms with Crippen molar-refractivity contribution in [2.75, 3.05) is 0 Å². The van der Waals surface area contributed by atoms with E-state index in [1.807, 2.05) is 6.07 Å². The van der Waals surface area contributed by atoms with Gasteiger partial charge in [0.1, 0.15) is 12.4 Å². The lowest BCUT2D eigenvalue weighted by Gasteiger charge is -2.08. The topological polar surface area (TPSA) is 76.2 Å². The van der Waals surface area contributed by atoms with Crippen molar-refractivity contribution in [2.24, 2.45) is 0 Å². The SMILES string of the molecule is N#Cc1ccc(COc2ccc(Cl)cc2[N+](=O)[O-])c(F)c1. The van der Waals surface area contributed by atoms with Crippen LogP contribution in [0.25, 0.3) is 0 Å². The zero-order valence-electron chi connectivity index (χ0n) is 10.5. The molecule has 2 aromatic carbocycles. The molecule has 0 aromatic heterocycles. The van der Waals surface area contributed by atoms with E-state index in [4.69, 9.17) is 21.6 Å². The summed E-state index contributed by atoms with van der Waals surface area (Å²) in [4.78, 5) is 10.3. The summed E-state index contributed by atoms with van der Waals surface area (Å²) in [5.74, 6) is -0.612. The van der Waals surface area contributed by atoms with E-state index >= 15 is 0 Å². The highest BCUT2D eigenvalue weighted by molar-refractivity contribution is 6.30. The highest BCUT2D eigenvalue weighted by Crippen LogP contribution is 2.30. The van der Waals surface area contributed by atoms with Crippen molar-refractivity contribution in [3.63, 3.8) is 0 Å². The number of nitrogens with zero attached hydrogens (tertiary/aromatic N) is 2. The Morgan fingerprint density at radius 2 is 2.10 bits per heavy atom. The van der Waals surface area contributed by atoms with E-state index in [2.05, 4.69) is 0 Å². The van der Waals surface area contributed by atoms with E-state index in [0.717, 1.165) is 12.1 Å². The molecule has 2 rings (SSSR count). The lowest BCUT2D eigenvalue weighted by atomic mass is 10.1. The molecule has 0 amide bonds. The highest BCUT2D eigenvalue weighted by atomic mass is 35.5. The fourth-order valence-electron chi connectivity index (χ4n) is 1.64. The maximum atomic E-state index is 13.7. The largest absolute Gasteiger partial charge is 0.482 e. The summed E-state index contributed by atoms with van der Waals surface area (Å²) in [5, 5.41) is 19.7. The minimum Gasteiger partial charge on any atom is -0.482 e. The van der Waals surface area contributed by atoms with Crippen LogP contribution in [0, 0.1) is 27.3 Å². The molecule has 0 atom stereocenters. The van der Waals surface area contributed by atoms with Crippen LogP contribution in [0.15, 0.2) is 36.4 Å². The van der Waals surface area contributed by atoms with Crippen molar-refractivity contribution in [3.05, 3.63) is 68.5 Å². The Balaban J connectivity index is 2.21. The number of nitro groups is 1. The van der Waals surface area contributed by atoms with Gasteiger partial charge in [0, 0.05) is 16.7 Å². The molecule has 0 aliphatic heterocycles. The molecule has 0 saturated heterocycles. The summed E-state index contributed by atoms with van der Waals surface area (Å²) in [5.41, 5.74) is 0.0866. The zero-order valence-corrected chi connectivity index (χ0v) is 11.3. The molecule has 2 aromatic rings. The molecular weight excluding hydrogens is 299 g/mol. The van der Waals surface area contributed by atoms with E-state index in [1.54, 1.807) is 0 Å². The molecule has 106 valence electrons. The number of nitro benzene ring substituents is 1. The molecule has 0 N–H and O–H groups in total. The van der Waals surface area contributed by atoms with Crippen molar-refractivity contribution in [2.45, 2.75) is 6.61 Å². The molecule has 0 radical (unpaired) electrons. The van der Waals surface area contributed by atoms with Gasteiger partial charge in [-0.25, -0.2) is 4.39 Å². The van der Waals surface area contributed by atoms with Gasteiger partial charge in [0.2, 0.25) is 0 Å². The second-order valence-corrected chi connectivity index (χ2v) is 4.51. The highest BCUT2D eigenvalue weighted by Gasteiger charge is 2.16. The monoisotopic (exact) mass is 306 g/mol. The van der Waals surface area contributed by atoms with Gasteiger partial charge in [0.25, 0.3) is 0 Å². The number of halogens is 2. The van der Waals surface area contributed by atoms with E-state index in [0.29, 0.717) is 0 Å². The maximum absolute atomic E-state index is 13.7. The summed E-state index contributed by atoms with van der Waals surface area (Å²) >= 11 is 5.69. The average Bonchev–Trinajstić information content (AvgIpc) is 2.46. The van der Waals surface area contributed by atoms with Gasteiger partial charge in [0.15, 0.2) is 5.75 Å². The van der Waals surface area contributed by atoms with Gasteiger partial charge in [-0.3, -0.25) is 10.1 Å². The summed E-state index contributed by atoms with van der Waals surface area (Å²) in [6.07, 6.45) is 0. The normalized spacial score (nSPS) is 9.95. The Morgan fingerprint density at radius 1 is 1.33 bits per heavy atom. The molecule has 0 unspecified atom stereocenters. The van der Waals surface area contributed by atoms with Crippen molar-refractivity contribution >= 4 is 17.3 Å². The van der Waals surface area contributed by atoms with Crippen LogP contribution in [0.1, 0.15) is 11.1 Å². The smallest absolute Gasteiger partial charge is 0.312 e. The number of ether oxygens (including phenoxy) is 1. The molecule has 0 aliphatic carbocycles. The number of nitriles is 1. The number of rotatable bonds is 4. The van der Waals surface area contributed by atoms with Crippen LogP contribution in [-0.2, 0) is 6.61 Å². The second kappa shape index (κ2) is 6.20. The Labute approximate surface area is 124 Å². The molecule has 0 fully saturated rings. The van der Waals surface area contributed by atoms with Gasteiger partial charge < -0.3 is 4.74 Å². The molecule has 0 spiro atoms. The molecule has 7 heteroatoms. The summed E-state index contributed by atoms with van der Waals surface area (Å²) in [7, 11) is 0. The molecule has 21 heavy (non-hydrogen) atoms. The first-order valence-corrected chi connectivity index (χ1v) is 6.14. The van der Waals surface area contributed by atoms with Crippen LogP contribution in [-0.4, -0.2) is 4.92 Å². The third-order valence-corrected chi connectivity index (χ3v) is 2.92. The maximum Gasteiger partial charge on any atom is 0.312 e. The van der Waals surface area contributed by atoms with Gasteiger partial charge >= 0.3 is 5.69 Å². The van der Waals surface area contributed by atoms with Crippen molar-refractivity contribution in [1.82, 2.24) is 0 Å². The van der Waals surface area contributed by atoms with E-state index in [-0.39, 0.29) is 34.2 Å². The third kappa shape index (κ3) is 3.46. The summed E-state index contributed by atoms with van der Waals surface area (Å²) in [6, 6.07) is 9.69. The lowest BCUT2D eigenvalue weighted by Crippen LogP contribution is -2.01. The van der Waals surface area contributed by atoms with E-state index in [1.165, 1.54) is 24.3 Å². The number of hydrogen-bond acceptors (Lipinski definition) is 4. The molecule has 5 nitrogen and oxygen atoms in total.